The molecule has 0 N–H and O–H groups in total. The molecule has 0 amide bonds. The highest BCUT2D eigenvalue weighted by molar-refractivity contribution is 6.04. The molecule has 5 nitrogen and oxygen atoms in total. The van der Waals surface area contributed by atoms with Gasteiger partial charge >= 0.3 is 0 Å². The molecular weight excluding hydrogens is 392 g/mol. The largest absolute Gasteiger partial charge is 0.497 e. The van der Waals surface area contributed by atoms with Crippen LogP contribution < -0.4 is 9.47 Å². The van der Waals surface area contributed by atoms with Gasteiger partial charge in [-0.2, -0.15) is 0 Å². The zero-order valence-electron chi connectivity index (χ0n) is 18.4. The maximum Gasteiger partial charge on any atom is 0.159 e. The summed E-state index contributed by atoms with van der Waals surface area (Å²) in [7, 11) is 3.34. The molecule has 0 aliphatic heterocycles. The van der Waals surface area contributed by atoms with E-state index in [9.17, 15) is 14.4 Å². The van der Waals surface area contributed by atoms with Crippen LogP contribution in [0.4, 0.5) is 0 Å². The van der Waals surface area contributed by atoms with Crippen LogP contribution in [0.25, 0.3) is 11.1 Å². The third kappa shape index (κ3) is 6.64. The SMILES string of the molecule is CC(=O)c1cc(C(C)=O)cc(C(C)=O)c1.COc1ccc(-c2ccc(OC)cc2)cc1. The number of ketones is 3. The van der Waals surface area contributed by atoms with E-state index in [4.69, 9.17) is 9.47 Å². The molecule has 0 spiro atoms. The van der Waals surface area contributed by atoms with Gasteiger partial charge in [0.15, 0.2) is 17.3 Å². The first-order chi connectivity index (χ1) is 14.7. The van der Waals surface area contributed by atoms with Crippen LogP contribution in [0.5, 0.6) is 11.5 Å². The molecule has 0 heterocycles. The molecule has 0 unspecified atom stereocenters. The average molecular weight is 418 g/mol. The fraction of sp³-hybridized carbons (Fsp3) is 0.192. The number of hydrogen-bond acceptors (Lipinski definition) is 5. The quantitative estimate of drug-likeness (QED) is 0.483. The van der Waals surface area contributed by atoms with Gasteiger partial charge in [-0.15, -0.1) is 0 Å². The summed E-state index contributed by atoms with van der Waals surface area (Å²) >= 11 is 0. The summed E-state index contributed by atoms with van der Waals surface area (Å²) in [5, 5.41) is 0. The highest BCUT2D eigenvalue weighted by Crippen LogP contribution is 2.24. The van der Waals surface area contributed by atoms with Gasteiger partial charge in [0.2, 0.25) is 0 Å². The van der Waals surface area contributed by atoms with Crippen LogP contribution >= 0.6 is 0 Å². The van der Waals surface area contributed by atoms with Crippen molar-refractivity contribution in [3.8, 4) is 22.6 Å². The number of methoxy groups -OCH3 is 2. The van der Waals surface area contributed by atoms with Crippen LogP contribution in [-0.2, 0) is 0 Å². The minimum Gasteiger partial charge on any atom is -0.497 e. The average Bonchev–Trinajstić information content (AvgIpc) is 2.79. The topological polar surface area (TPSA) is 69.7 Å². The Morgan fingerprint density at radius 1 is 0.516 bits per heavy atom. The number of ether oxygens (including phenoxy) is 2. The molecule has 0 aliphatic rings. The number of benzene rings is 3. The summed E-state index contributed by atoms with van der Waals surface area (Å²) in [6.07, 6.45) is 0. The lowest BCUT2D eigenvalue weighted by Gasteiger charge is -2.05. The van der Waals surface area contributed by atoms with Crippen molar-refractivity contribution >= 4 is 17.3 Å². The standard InChI is InChI=1S/C14H14O2.C12H12O3/c1-15-13-7-3-11(4-8-13)12-5-9-14(16-2)10-6-12;1-7(13)10-4-11(8(2)14)6-12(5-10)9(3)15/h3-10H,1-2H3;4-6H,1-3H3. The van der Waals surface area contributed by atoms with Gasteiger partial charge in [0, 0.05) is 16.7 Å². The van der Waals surface area contributed by atoms with E-state index in [2.05, 4.69) is 0 Å². The zero-order chi connectivity index (χ0) is 23.0. The van der Waals surface area contributed by atoms with E-state index in [1.807, 2.05) is 48.5 Å². The molecule has 31 heavy (non-hydrogen) atoms. The molecule has 3 aromatic rings. The van der Waals surface area contributed by atoms with E-state index < -0.39 is 0 Å². The summed E-state index contributed by atoms with van der Waals surface area (Å²) in [6.45, 7) is 4.22. The Labute approximate surface area is 182 Å². The lowest BCUT2D eigenvalue weighted by Crippen LogP contribution is -2.03. The monoisotopic (exact) mass is 418 g/mol. The van der Waals surface area contributed by atoms with E-state index in [0.29, 0.717) is 16.7 Å². The molecular formula is C26H26O5. The smallest absolute Gasteiger partial charge is 0.159 e. The predicted molar refractivity (Wildman–Crippen MR) is 121 cm³/mol. The van der Waals surface area contributed by atoms with Gasteiger partial charge in [-0.1, -0.05) is 24.3 Å². The molecule has 0 bridgehead atoms. The molecule has 0 saturated heterocycles. The lowest BCUT2D eigenvalue weighted by molar-refractivity contribution is 0.101. The number of carbonyl (C=O) groups excluding carboxylic acids is 3. The van der Waals surface area contributed by atoms with Crippen molar-refractivity contribution in [3.63, 3.8) is 0 Å². The lowest BCUT2D eigenvalue weighted by atomic mass is 10.00. The highest BCUT2D eigenvalue weighted by Gasteiger charge is 2.09. The second-order valence-corrected chi connectivity index (χ2v) is 6.92. The van der Waals surface area contributed by atoms with Crippen molar-refractivity contribution in [3.05, 3.63) is 83.4 Å². The van der Waals surface area contributed by atoms with Crippen molar-refractivity contribution in [2.45, 2.75) is 20.8 Å². The predicted octanol–water partition coefficient (Wildman–Crippen LogP) is 5.67. The van der Waals surface area contributed by atoms with Crippen LogP contribution in [0.3, 0.4) is 0 Å². The van der Waals surface area contributed by atoms with E-state index in [1.54, 1.807) is 14.2 Å². The first kappa shape index (κ1) is 23.5. The van der Waals surface area contributed by atoms with E-state index in [1.165, 1.54) is 50.1 Å². The molecule has 160 valence electrons. The van der Waals surface area contributed by atoms with Gasteiger partial charge < -0.3 is 9.47 Å². The molecule has 3 aromatic carbocycles. The van der Waals surface area contributed by atoms with E-state index >= 15 is 0 Å². The van der Waals surface area contributed by atoms with Crippen molar-refractivity contribution in [2.24, 2.45) is 0 Å². The van der Waals surface area contributed by atoms with Crippen LogP contribution in [0.2, 0.25) is 0 Å². The summed E-state index contributed by atoms with van der Waals surface area (Å²) in [6, 6.07) is 20.5. The van der Waals surface area contributed by atoms with Gasteiger partial charge in [0.05, 0.1) is 14.2 Å². The fourth-order valence-corrected chi connectivity index (χ4v) is 2.80. The van der Waals surface area contributed by atoms with Gasteiger partial charge in [0.25, 0.3) is 0 Å². The summed E-state index contributed by atoms with van der Waals surface area (Å²) in [4.78, 5) is 33.5. The Balaban J connectivity index is 0.000000221. The highest BCUT2D eigenvalue weighted by atomic mass is 16.5. The minimum atomic E-state index is -0.152. The summed E-state index contributed by atoms with van der Waals surface area (Å²) < 4.78 is 10.2. The van der Waals surface area contributed by atoms with E-state index in [-0.39, 0.29) is 17.3 Å². The van der Waals surface area contributed by atoms with Crippen molar-refractivity contribution in [1.29, 1.82) is 0 Å². The Kier molecular flexibility index (Phi) is 8.26. The van der Waals surface area contributed by atoms with Crippen LogP contribution in [-0.4, -0.2) is 31.6 Å². The Morgan fingerprint density at radius 3 is 0.968 bits per heavy atom. The summed E-state index contributed by atoms with van der Waals surface area (Å²) in [5.74, 6) is 1.29. The maximum atomic E-state index is 11.2. The molecule has 5 heteroatoms. The number of carbonyl (C=O) groups is 3. The van der Waals surface area contributed by atoms with Crippen molar-refractivity contribution in [1.82, 2.24) is 0 Å². The molecule has 3 rings (SSSR count). The van der Waals surface area contributed by atoms with E-state index in [0.717, 1.165) is 11.5 Å². The van der Waals surface area contributed by atoms with Crippen LogP contribution in [0.15, 0.2) is 66.7 Å². The first-order valence-electron chi connectivity index (χ1n) is 9.71. The number of Topliss-reactive ketones (excluding diaryl/α,β-unsaturated/α-hetero) is 3. The molecule has 0 aromatic heterocycles. The molecule has 0 saturated carbocycles. The molecule has 0 fully saturated rings. The fourth-order valence-electron chi connectivity index (χ4n) is 2.80. The number of rotatable bonds is 6. The minimum absolute atomic E-state index is 0.152. The Bertz CT molecular complexity index is 939. The van der Waals surface area contributed by atoms with Crippen LogP contribution in [0, 0.1) is 0 Å². The van der Waals surface area contributed by atoms with Gasteiger partial charge in [-0.25, -0.2) is 0 Å². The van der Waals surface area contributed by atoms with Gasteiger partial charge in [-0.3, -0.25) is 14.4 Å². The maximum absolute atomic E-state index is 11.2. The molecule has 0 atom stereocenters. The Hall–Kier alpha value is -3.73. The summed E-state index contributed by atoms with van der Waals surface area (Å²) in [5.41, 5.74) is 3.53. The Morgan fingerprint density at radius 2 is 0.774 bits per heavy atom. The zero-order valence-corrected chi connectivity index (χ0v) is 18.4. The first-order valence-corrected chi connectivity index (χ1v) is 9.71. The van der Waals surface area contributed by atoms with Crippen molar-refractivity contribution in [2.75, 3.05) is 14.2 Å². The van der Waals surface area contributed by atoms with Gasteiger partial charge in [-0.05, 0) is 74.4 Å². The van der Waals surface area contributed by atoms with Gasteiger partial charge in [0.1, 0.15) is 11.5 Å². The van der Waals surface area contributed by atoms with Crippen molar-refractivity contribution < 1.29 is 23.9 Å². The number of hydrogen-bond donors (Lipinski definition) is 0. The molecule has 0 radical (unpaired) electrons. The third-order valence-corrected chi connectivity index (χ3v) is 4.67. The third-order valence-electron chi connectivity index (χ3n) is 4.67. The molecule has 0 aliphatic carbocycles. The normalized spacial score (nSPS) is 9.84. The van der Waals surface area contributed by atoms with Crippen LogP contribution in [0.1, 0.15) is 51.8 Å². The second kappa shape index (κ2) is 10.9. The second-order valence-electron chi connectivity index (χ2n) is 6.92.